The Bertz CT molecular complexity index is 675. The van der Waals surface area contributed by atoms with Crippen LogP contribution in [0.3, 0.4) is 0 Å². The Morgan fingerprint density at radius 1 is 1.43 bits per heavy atom. The molecule has 0 spiro atoms. The third-order valence-corrected chi connectivity index (χ3v) is 3.31. The van der Waals surface area contributed by atoms with Gasteiger partial charge < -0.3 is 15.4 Å². The molecule has 2 aromatic rings. The minimum atomic E-state index is -2.89. The van der Waals surface area contributed by atoms with Crippen LogP contribution in [0, 0.1) is 6.92 Å². The average molecular weight is 340 g/mol. The first-order chi connectivity index (χ1) is 11.0. The van der Waals surface area contributed by atoms with Crippen molar-refractivity contribution in [2.75, 3.05) is 5.32 Å². The van der Waals surface area contributed by atoms with Gasteiger partial charge in [0.2, 0.25) is 0 Å². The van der Waals surface area contributed by atoms with Crippen LogP contribution >= 0.6 is 12.2 Å². The van der Waals surface area contributed by atoms with Gasteiger partial charge in [-0.05, 0) is 43.8 Å². The summed E-state index contributed by atoms with van der Waals surface area (Å²) in [5.74, 6) is 0.0496. The van der Waals surface area contributed by atoms with E-state index in [-0.39, 0.29) is 5.75 Å². The fourth-order valence-electron chi connectivity index (χ4n) is 1.96. The number of nitrogens with one attached hydrogen (secondary N) is 2. The molecule has 0 amide bonds. The molecule has 0 saturated heterocycles. The number of rotatable bonds is 6. The third kappa shape index (κ3) is 5.17. The number of hydrogen-bond acceptors (Lipinski definition) is 3. The van der Waals surface area contributed by atoms with Gasteiger partial charge in [-0.1, -0.05) is 6.07 Å². The fraction of sp³-hybridized carbons (Fsp3) is 0.333. The summed E-state index contributed by atoms with van der Waals surface area (Å²) in [4.78, 5) is 0. The molecule has 124 valence electrons. The minimum Gasteiger partial charge on any atom is -0.433 e. The number of ether oxygens (including phenoxy) is 1. The van der Waals surface area contributed by atoms with Gasteiger partial charge in [0.25, 0.3) is 0 Å². The van der Waals surface area contributed by atoms with Crippen molar-refractivity contribution in [2.24, 2.45) is 0 Å². The van der Waals surface area contributed by atoms with Crippen molar-refractivity contribution in [3.63, 3.8) is 0 Å². The van der Waals surface area contributed by atoms with Gasteiger partial charge in [-0.3, -0.25) is 4.68 Å². The molecule has 8 heteroatoms. The number of alkyl halides is 2. The Balaban J connectivity index is 1.97. The van der Waals surface area contributed by atoms with E-state index >= 15 is 0 Å². The molecule has 0 fully saturated rings. The molecule has 0 bridgehead atoms. The number of thiocarbonyl (C=S) groups is 1. The zero-order valence-electron chi connectivity index (χ0n) is 12.8. The van der Waals surface area contributed by atoms with Gasteiger partial charge in [-0.2, -0.15) is 13.9 Å². The third-order valence-electron chi connectivity index (χ3n) is 3.06. The number of aryl methyl sites for hydroxylation is 2. The molecule has 0 radical (unpaired) electrons. The smallest absolute Gasteiger partial charge is 0.387 e. The van der Waals surface area contributed by atoms with Gasteiger partial charge in [0.05, 0.1) is 11.9 Å². The second-order valence-corrected chi connectivity index (χ2v) is 5.30. The average Bonchev–Trinajstić information content (AvgIpc) is 2.96. The number of benzene rings is 1. The Hall–Kier alpha value is -2.22. The van der Waals surface area contributed by atoms with Crippen LogP contribution in [0.2, 0.25) is 0 Å². The van der Waals surface area contributed by atoms with Crippen molar-refractivity contribution >= 4 is 23.0 Å². The van der Waals surface area contributed by atoms with Crippen molar-refractivity contribution in [3.8, 4) is 5.75 Å². The molecule has 0 saturated carbocycles. The number of hydrogen-bond donors (Lipinski definition) is 2. The summed E-state index contributed by atoms with van der Waals surface area (Å²) in [6.07, 6.45) is 3.66. The number of halogens is 2. The maximum Gasteiger partial charge on any atom is 0.387 e. The van der Waals surface area contributed by atoms with E-state index in [1.54, 1.807) is 18.3 Å². The van der Waals surface area contributed by atoms with E-state index in [0.29, 0.717) is 17.3 Å². The Kier molecular flexibility index (Phi) is 5.86. The van der Waals surface area contributed by atoms with E-state index in [2.05, 4.69) is 20.5 Å². The molecule has 1 aromatic heterocycles. The minimum absolute atomic E-state index is 0.0496. The highest BCUT2D eigenvalue weighted by atomic mass is 32.1. The van der Waals surface area contributed by atoms with Gasteiger partial charge in [0.15, 0.2) is 5.11 Å². The molecule has 1 aromatic carbocycles. The Labute approximate surface area is 138 Å². The summed E-state index contributed by atoms with van der Waals surface area (Å²) < 4.78 is 31.2. The van der Waals surface area contributed by atoms with Crippen LogP contribution in [0.1, 0.15) is 18.1 Å². The zero-order valence-corrected chi connectivity index (χ0v) is 13.7. The van der Waals surface area contributed by atoms with Crippen LogP contribution in [0.5, 0.6) is 5.75 Å². The molecule has 5 nitrogen and oxygen atoms in total. The van der Waals surface area contributed by atoms with Crippen molar-refractivity contribution in [3.05, 3.63) is 41.7 Å². The van der Waals surface area contributed by atoms with Gasteiger partial charge in [0, 0.05) is 24.8 Å². The zero-order chi connectivity index (χ0) is 16.8. The molecule has 2 rings (SSSR count). The molecule has 23 heavy (non-hydrogen) atoms. The van der Waals surface area contributed by atoms with Crippen LogP contribution < -0.4 is 15.4 Å². The highest BCUT2D eigenvalue weighted by Crippen LogP contribution is 2.27. The van der Waals surface area contributed by atoms with Gasteiger partial charge in [-0.25, -0.2) is 0 Å². The summed E-state index contributed by atoms with van der Waals surface area (Å²) in [6, 6.07) is 4.87. The molecule has 0 unspecified atom stereocenters. The van der Waals surface area contributed by atoms with Crippen LogP contribution in [-0.4, -0.2) is 21.5 Å². The normalized spacial score (nSPS) is 10.7. The second-order valence-electron chi connectivity index (χ2n) is 4.89. The topological polar surface area (TPSA) is 51.1 Å². The first-order valence-electron chi connectivity index (χ1n) is 7.09. The fourth-order valence-corrected chi connectivity index (χ4v) is 2.14. The molecular weight excluding hydrogens is 322 g/mol. The lowest BCUT2D eigenvalue weighted by atomic mass is 10.2. The Morgan fingerprint density at radius 3 is 2.87 bits per heavy atom. The maximum atomic E-state index is 12.4. The molecule has 0 aliphatic rings. The lowest BCUT2D eigenvalue weighted by Gasteiger charge is -2.14. The van der Waals surface area contributed by atoms with E-state index in [4.69, 9.17) is 12.2 Å². The van der Waals surface area contributed by atoms with Crippen molar-refractivity contribution in [2.45, 2.75) is 33.5 Å². The number of anilines is 1. The quantitative estimate of drug-likeness (QED) is 0.790. The molecule has 0 atom stereocenters. The van der Waals surface area contributed by atoms with Gasteiger partial charge in [-0.15, -0.1) is 0 Å². The van der Waals surface area contributed by atoms with E-state index in [9.17, 15) is 8.78 Å². The second kappa shape index (κ2) is 7.87. The number of aromatic nitrogens is 2. The first kappa shape index (κ1) is 17.1. The summed E-state index contributed by atoms with van der Waals surface area (Å²) in [7, 11) is 0. The maximum absolute atomic E-state index is 12.4. The molecule has 0 aliphatic heterocycles. The lowest BCUT2D eigenvalue weighted by Crippen LogP contribution is -2.28. The summed E-state index contributed by atoms with van der Waals surface area (Å²) in [5, 5.41) is 10.4. The van der Waals surface area contributed by atoms with E-state index in [1.165, 1.54) is 6.07 Å². The molecule has 2 N–H and O–H groups in total. The number of nitrogens with zero attached hydrogens (tertiary/aromatic N) is 2. The van der Waals surface area contributed by atoms with E-state index in [1.807, 2.05) is 24.7 Å². The molecular formula is C15H18F2N4OS. The standard InChI is InChI=1S/C15H18F2N4OS/c1-3-21-9-11(8-19-21)7-18-15(23)20-12-6-10(2)4-5-13(12)22-14(16)17/h4-6,8-9,14H,3,7H2,1-2H3,(H2,18,20,23). The van der Waals surface area contributed by atoms with Crippen LogP contribution in [0.15, 0.2) is 30.6 Å². The van der Waals surface area contributed by atoms with Crippen molar-refractivity contribution < 1.29 is 13.5 Å². The summed E-state index contributed by atoms with van der Waals surface area (Å²) >= 11 is 5.19. The predicted molar refractivity (Wildman–Crippen MR) is 88.8 cm³/mol. The predicted octanol–water partition coefficient (Wildman–Crippen LogP) is 3.30. The van der Waals surface area contributed by atoms with Crippen LogP contribution in [0.25, 0.3) is 0 Å². The largest absolute Gasteiger partial charge is 0.433 e. The molecule has 1 heterocycles. The highest BCUT2D eigenvalue weighted by molar-refractivity contribution is 7.80. The monoisotopic (exact) mass is 340 g/mol. The summed E-state index contributed by atoms with van der Waals surface area (Å²) in [6.45, 7) is 2.24. The Morgan fingerprint density at radius 2 is 2.22 bits per heavy atom. The van der Waals surface area contributed by atoms with E-state index < -0.39 is 6.61 Å². The van der Waals surface area contributed by atoms with Gasteiger partial charge in [0.1, 0.15) is 5.75 Å². The first-order valence-corrected chi connectivity index (χ1v) is 7.50. The van der Waals surface area contributed by atoms with E-state index in [0.717, 1.165) is 17.7 Å². The van der Waals surface area contributed by atoms with Crippen molar-refractivity contribution in [1.82, 2.24) is 15.1 Å². The van der Waals surface area contributed by atoms with Crippen LogP contribution in [-0.2, 0) is 13.1 Å². The SMILES string of the molecule is CCn1cc(CNC(=S)Nc2cc(C)ccc2OC(F)F)cn1. The highest BCUT2D eigenvalue weighted by Gasteiger charge is 2.11. The molecule has 0 aliphatic carbocycles. The lowest BCUT2D eigenvalue weighted by molar-refractivity contribution is -0.0493. The van der Waals surface area contributed by atoms with Crippen LogP contribution in [0.4, 0.5) is 14.5 Å². The van der Waals surface area contributed by atoms with Gasteiger partial charge >= 0.3 is 6.61 Å². The summed E-state index contributed by atoms with van der Waals surface area (Å²) in [5.41, 5.74) is 2.28. The van der Waals surface area contributed by atoms with Crippen molar-refractivity contribution in [1.29, 1.82) is 0 Å².